The standard InChI is InChI=1S/C24H27ClN4O3/c1-16-13-21(16)22(30)26-19-7-2-5-17(14-19)23(31)28-9-4-10-29(12-11-28)24(32)27-20-8-3-6-18(25)15-20/h2-3,5-8,14-16,21H,4,9-13H2,1H3,(H,26,30)(H,27,32). The van der Waals surface area contributed by atoms with Crippen LogP contribution < -0.4 is 10.6 Å². The largest absolute Gasteiger partial charge is 0.337 e. The van der Waals surface area contributed by atoms with Gasteiger partial charge in [0.1, 0.15) is 0 Å². The van der Waals surface area contributed by atoms with Crippen LogP contribution in [0.3, 0.4) is 0 Å². The maximum absolute atomic E-state index is 13.1. The third kappa shape index (κ3) is 5.40. The average Bonchev–Trinajstić information content (AvgIpc) is 3.55. The number of hydrogen-bond donors (Lipinski definition) is 2. The van der Waals surface area contributed by atoms with Crippen molar-refractivity contribution in [3.05, 3.63) is 59.1 Å². The van der Waals surface area contributed by atoms with Crippen LogP contribution in [0, 0.1) is 11.8 Å². The van der Waals surface area contributed by atoms with Crippen LogP contribution in [0.15, 0.2) is 48.5 Å². The van der Waals surface area contributed by atoms with Gasteiger partial charge >= 0.3 is 6.03 Å². The summed E-state index contributed by atoms with van der Waals surface area (Å²) in [5.74, 6) is 0.413. The molecule has 4 amide bonds. The monoisotopic (exact) mass is 454 g/mol. The number of carbonyl (C=O) groups is 3. The van der Waals surface area contributed by atoms with Gasteiger partial charge in [0.05, 0.1) is 0 Å². The highest BCUT2D eigenvalue weighted by Gasteiger charge is 2.39. The molecule has 1 heterocycles. The topological polar surface area (TPSA) is 81.8 Å². The predicted molar refractivity (Wildman–Crippen MR) is 125 cm³/mol. The zero-order chi connectivity index (χ0) is 22.7. The first-order valence-corrected chi connectivity index (χ1v) is 11.3. The molecule has 0 bridgehead atoms. The lowest BCUT2D eigenvalue weighted by atomic mass is 10.1. The smallest absolute Gasteiger partial charge is 0.321 e. The van der Waals surface area contributed by atoms with Crippen molar-refractivity contribution < 1.29 is 14.4 Å². The Kier molecular flexibility index (Phi) is 6.65. The number of nitrogens with one attached hydrogen (secondary N) is 2. The van der Waals surface area contributed by atoms with E-state index >= 15 is 0 Å². The Labute approximate surface area is 192 Å². The molecular weight excluding hydrogens is 428 g/mol. The van der Waals surface area contributed by atoms with Crippen LogP contribution in [0.2, 0.25) is 5.02 Å². The van der Waals surface area contributed by atoms with Crippen molar-refractivity contribution in [2.24, 2.45) is 11.8 Å². The van der Waals surface area contributed by atoms with Gasteiger partial charge < -0.3 is 20.4 Å². The van der Waals surface area contributed by atoms with Gasteiger partial charge in [0.15, 0.2) is 0 Å². The number of urea groups is 1. The van der Waals surface area contributed by atoms with Gasteiger partial charge in [-0.3, -0.25) is 9.59 Å². The predicted octanol–water partition coefficient (Wildman–Crippen LogP) is 4.31. The van der Waals surface area contributed by atoms with Gasteiger partial charge in [0.25, 0.3) is 5.91 Å². The van der Waals surface area contributed by atoms with E-state index in [1.165, 1.54) is 0 Å². The number of nitrogens with zero attached hydrogens (tertiary/aromatic N) is 2. The summed E-state index contributed by atoms with van der Waals surface area (Å²) in [6, 6.07) is 13.9. The third-order valence-electron chi connectivity index (χ3n) is 5.97. The molecule has 2 fully saturated rings. The summed E-state index contributed by atoms with van der Waals surface area (Å²) in [5, 5.41) is 6.33. The highest BCUT2D eigenvalue weighted by molar-refractivity contribution is 6.30. The molecular formula is C24H27ClN4O3. The molecule has 2 aromatic rings. The van der Waals surface area contributed by atoms with Gasteiger partial charge in [-0.15, -0.1) is 0 Å². The minimum Gasteiger partial charge on any atom is -0.337 e. The van der Waals surface area contributed by atoms with E-state index in [9.17, 15) is 14.4 Å². The molecule has 4 rings (SSSR count). The van der Waals surface area contributed by atoms with Crippen molar-refractivity contribution in [2.45, 2.75) is 19.8 Å². The molecule has 1 aliphatic carbocycles. The molecule has 168 valence electrons. The van der Waals surface area contributed by atoms with Crippen LogP contribution in [0.25, 0.3) is 0 Å². The molecule has 1 aliphatic heterocycles. The van der Waals surface area contributed by atoms with E-state index in [-0.39, 0.29) is 23.8 Å². The fourth-order valence-corrected chi connectivity index (χ4v) is 4.12. The van der Waals surface area contributed by atoms with E-state index in [4.69, 9.17) is 11.6 Å². The highest BCUT2D eigenvalue weighted by Crippen LogP contribution is 2.38. The number of hydrogen-bond acceptors (Lipinski definition) is 3. The molecule has 0 spiro atoms. The number of amides is 4. The second-order valence-electron chi connectivity index (χ2n) is 8.46. The SMILES string of the molecule is CC1CC1C(=O)Nc1cccc(C(=O)N2CCCN(C(=O)Nc3cccc(Cl)c3)CC2)c1. The summed E-state index contributed by atoms with van der Waals surface area (Å²) in [4.78, 5) is 41.4. The summed E-state index contributed by atoms with van der Waals surface area (Å²) in [7, 11) is 0. The molecule has 2 N–H and O–H groups in total. The zero-order valence-electron chi connectivity index (χ0n) is 18.0. The maximum Gasteiger partial charge on any atom is 0.321 e. The van der Waals surface area contributed by atoms with Crippen molar-refractivity contribution >= 4 is 40.8 Å². The number of halogens is 1. The number of anilines is 2. The van der Waals surface area contributed by atoms with Gasteiger partial charge in [0.2, 0.25) is 5.91 Å². The Morgan fingerprint density at radius 3 is 2.28 bits per heavy atom. The summed E-state index contributed by atoms with van der Waals surface area (Å²) in [6.07, 6.45) is 1.60. The normalized spacial score (nSPS) is 20.3. The lowest BCUT2D eigenvalue weighted by Gasteiger charge is -2.23. The van der Waals surface area contributed by atoms with Crippen LogP contribution in [0.5, 0.6) is 0 Å². The van der Waals surface area contributed by atoms with Crippen molar-refractivity contribution in [2.75, 3.05) is 36.8 Å². The van der Waals surface area contributed by atoms with E-state index in [2.05, 4.69) is 17.6 Å². The fraction of sp³-hybridized carbons (Fsp3) is 0.375. The first kappa shape index (κ1) is 22.1. The molecule has 1 saturated carbocycles. The summed E-state index contributed by atoms with van der Waals surface area (Å²) in [5.41, 5.74) is 1.81. The van der Waals surface area contributed by atoms with Gasteiger partial charge in [-0.05, 0) is 55.2 Å². The van der Waals surface area contributed by atoms with Gasteiger partial charge in [-0.1, -0.05) is 30.7 Å². The minimum absolute atomic E-state index is 0.0122. The van der Waals surface area contributed by atoms with Crippen LogP contribution in [0.4, 0.5) is 16.2 Å². The fourth-order valence-electron chi connectivity index (χ4n) is 3.93. The molecule has 2 aliphatic rings. The van der Waals surface area contributed by atoms with Crippen LogP contribution in [-0.2, 0) is 4.79 Å². The number of rotatable bonds is 4. The van der Waals surface area contributed by atoms with Crippen LogP contribution in [0.1, 0.15) is 30.1 Å². The lowest BCUT2D eigenvalue weighted by molar-refractivity contribution is -0.117. The van der Waals surface area contributed by atoms with Crippen molar-refractivity contribution in [3.63, 3.8) is 0 Å². The Morgan fingerprint density at radius 1 is 0.906 bits per heavy atom. The third-order valence-corrected chi connectivity index (χ3v) is 6.20. The van der Waals surface area contributed by atoms with E-state index in [0.29, 0.717) is 60.5 Å². The Hall–Kier alpha value is -3.06. The van der Waals surface area contributed by atoms with E-state index in [1.807, 2.05) is 0 Å². The molecule has 7 nitrogen and oxygen atoms in total. The summed E-state index contributed by atoms with van der Waals surface area (Å²) >= 11 is 5.98. The molecule has 32 heavy (non-hydrogen) atoms. The molecule has 2 atom stereocenters. The van der Waals surface area contributed by atoms with Gasteiger partial charge in [-0.2, -0.15) is 0 Å². The van der Waals surface area contributed by atoms with Gasteiger partial charge in [0, 0.05) is 54.1 Å². The molecule has 0 aromatic heterocycles. The van der Waals surface area contributed by atoms with Crippen LogP contribution in [-0.4, -0.2) is 53.8 Å². The van der Waals surface area contributed by atoms with Crippen molar-refractivity contribution in [3.8, 4) is 0 Å². The number of carbonyl (C=O) groups excluding carboxylic acids is 3. The second-order valence-corrected chi connectivity index (χ2v) is 8.90. The molecule has 2 unspecified atom stereocenters. The number of benzene rings is 2. The van der Waals surface area contributed by atoms with E-state index in [0.717, 1.165) is 6.42 Å². The van der Waals surface area contributed by atoms with Crippen LogP contribution >= 0.6 is 11.6 Å². The average molecular weight is 455 g/mol. The summed E-state index contributed by atoms with van der Waals surface area (Å²) in [6.45, 7) is 4.07. The first-order chi connectivity index (χ1) is 15.4. The Bertz CT molecular complexity index is 1030. The maximum atomic E-state index is 13.1. The first-order valence-electron chi connectivity index (χ1n) is 10.9. The second kappa shape index (κ2) is 9.61. The molecule has 2 aromatic carbocycles. The Morgan fingerprint density at radius 2 is 1.56 bits per heavy atom. The Balaban J connectivity index is 1.34. The molecule has 0 radical (unpaired) electrons. The minimum atomic E-state index is -0.208. The molecule has 8 heteroatoms. The summed E-state index contributed by atoms with van der Waals surface area (Å²) < 4.78 is 0. The highest BCUT2D eigenvalue weighted by atomic mass is 35.5. The van der Waals surface area contributed by atoms with Gasteiger partial charge in [-0.25, -0.2) is 4.79 Å². The lowest BCUT2D eigenvalue weighted by Crippen LogP contribution is -2.39. The van der Waals surface area contributed by atoms with Crippen molar-refractivity contribution in [1.29, 1.82) is 0 Å². The van der Waals surface area contributed by atoms with E-state index in [1.54, 1.807) is 58.3 Å². The van der Waals surface area contributed by atoms with Crippen molar-refractivity contribution in [1.82, 2.24) is 9.80 Å². The van der Waals surface area contributed by atoms with E-state index < -0.39 is 0 Å². The quantitative estimate of drug-likeness (QED) is 0.722. The zero-order valence-corrected chi connectivity index (χ0v) is 18.8. The molecule has 1 saturated heterocycles.